The standard InChI is InChI=1S/C8H13NO3/c1-12-8(11)7-5-2-4(9-7)3-6(5)10/h4-7,9-10H,2-3H2,1H3/t4-,5+,6+,7-/m0/s1. The Balaban J connectivity index is 2.07. The van der Waals surface area contributed by atoms with E-state index in [2.05, 4.69) is 10.1 Å². The zero-order chi connectivity index (χ0) is 8.72. The van der Waals surface area contributed by atoms with Gasteiger partial charge in [-0.05, 0) is 12.8 Å². The third kappa shape index (κ3) is 1.03. The first-order valence-electron chi connectivity index (χ1n) is 4.24. The number of nitrogens with one attached hydrogen (secondary N) is 1. The van der Waals surface area contributed by atoms with Gasteiger partial charge in [0.1, 0.15) is 6.04 Å². The van der Waals surface area contributed by atoms with Gasteiger partial charge in [0.25, 0.3) is 0 Å². The van der Waals surface area contributed by atoms with Crippen LogP contribution in [0.4, 0.5) is 0 Å². The number of aliphatic hydroxyl groups excluding tert-OH is 1. The van der Waals surface area contributed by atoms with Crippen LogP contribution in [-0.4, -0.2) is 36.4 Å². The molecule has 1 heterocycles. The second-order valence-electron chi connectivity index (χ2n) is 3.57. The number of ether oxygens (including phenoxy) is 1. The molecule has 0 aromatic heterocycles. The Labute approximate surface area is 70.9 Å². The molecule has 2 rings (SSSR count). The fourth-order valence-corrected chi connectivity index (χ4v) is 2.29. The maximum absolute atomic E-state index is 11.2. The molecular formula is C8H13NO3. The van der Waals surface area contributed by atoms with Gasteiger partial charge in [-0.15, -0.1) is 0 Å². The van der Waals surface area contributed by atoms with Crippen molar-refractivity contribution < 1.29 is 14.6 Å². The Bertz CT molecular complexity index is 206. The second kappa shape index (κ2) is 2.71. The molecule has 1 saturated carbocycles. The van der Waals surface area contributed by atoms with E-state index in [0.717, 1.165) is 12.8 Å². The van der Waals surface area contributed by atoms with Crippen LogP contribution < -0.4 is 5.32 Å². The lowest BCUT2D eigenvalue weighted by Gasteiger charge is -2.24. The molecule has 1 aliphatic carbocycles. The lowest BCUT2D eigenvalue weighted by atomic mass is 9.97. The summed E-state index contributed by atoms with van der Waals surface area (Å²) in [4.78, 5) is 11.2. The first-order chi connectivity index (χ1) is 5.72. The number of carbonyl (C=O) groups excluding carboxylic acids is 1. The maximum Gasteiger partial charge on any atom is 0.323 e. The van der Waals surface area contributed by atoms with Crippen molar-refractivity contribution in [3.05, 3.63) is 0 Å². The number of hydrogen-bond acceptors (Lipinski definition) is 4. The van der Waals surface area contributed by atoms with Gasteiger partial charge >= 0.3 is 5.97 Å². The van der Waals surface area contributed by atoms with Gasteiger partial charge in [0.2, 0.25) is 0 Å². The summed E-state index contributed by atoms with van der Waals surface area (Å²) in [6.45, 7) is 0. The van der Waals surface area contributed by atoms with Crippen molar-refractivity contribution in [1.29, 1.82) is 0 Å². The summed E-state index contributed by atoms with van der Waals surface area (Å²) in [6.07, 6.45) is 1.36. The lowest BCUT2D eigenvalue weighted by molar-refractivity contribution is -0.145. The first-order valence-corrected chi connectivity index (χ1v) is 4.24. The van der Waals surface area contributed by atoms with Crippen molar-refractivity contribution in [3.63, 3.8) is 0 Å². The Morgan fingerprint density at radius 2 is 2.33 bits per heavy atom. The van der Waals surface area contributed by atoms with Crippen LogP contribution >= 0.6 is 0 Å². The largest absolute Gasteiger partial charge is 0.468 e. The van der Waals surface area contributed by atoms with E-state index in [0.29, 0.717) is 6.04 Å². The Kier molecular flexibility index (Phi) is 1.81. The highest BCUT2D eigenvalue weighted by molar-refractivity contribution is 5.77. The average molecular weight is 171 g/mol. The molecule has 0 spiro atoms. The fourth-order valence-electron chi connectivity index (χ4n) is 2.29. The molecule has 2 bridgehead atoms. The van der Waals surface area contributed by atoms with E-state index in [1.54, 1.807) is 0 Å². The number of aliphatic hydroxyl groups is 1. The van der Waals surface area contributed by atoms with E-state index in [-0.39, 0.29) is 24.0 Å². The molecule has 4 heteroatoms. The lowest BCUT2D eigenvalue weighted by Crippen LogP contribution is -2.47. The molecule has 1 saturated heterocycles. The van der Waals surface area contributed by atoms with Gasteiger partial charge in [0, 0.05) is 12.0 Å². The van der Waals surface area contributed by atoms with Crippen LogP contribution in [0.1, 0.15) is 12.8 Å². The highest BCUT2D eigenvalue weighted by Crippen LogP contribution is 2.35. The minimum Gasteiger partial charge on any atom is -0.468 e. The number of esters is 1. The first kappa shape index (κ1) is 8.01. The van der Waals surface area contributed by atoms with E-state index in [9.17, 15) is 9.90 Å². The molecule has 0 unspecified atom stereocenters. The van der Waals surface area contributed by atoms with Crippen LogP contribution in [-0.2, 0) is 9.53 Å². The molecular weight excluding hydrogens is 158 g/mol. The van der Waals surface area contributed by atoms with E-state index in [1.165, 1.54) is 7.11 Å². The zero-order valence-electron chi connectivity index (χ0n) is 6.99. The highest BCUT2D eigenvalue weighted by atomic mass is 16.5. The molecule has 2 N–H and O–H groups in total. The molecule has 0 aromatic rings. The summed E-state index contributed by atoms with van der Waals surface area (Å²) in [5.41, 5.74) is 0. The van der Waals surface area contributed by atoms with Gasteiger partial charge in [-0.3, -0.25) is 4.79 Å². The van der Waals surface area contributed by atoms with E-state index in [4.69, 9.17) is 0 Å². The average Bonchev–Trinajstić information content (AvgIpc) is 2.60. The number of methoxy groups -OCH3 is 1. The third-order valence-electron chi connectivity index (χ3n) is 2.88. The zero-order valence-corrected chi connectivity index (χ0v) is 6.99. The Morgan fingerprint density at radius 1 is 1.58 bits per heavy atom. The van der Waals surface area contributed by atoms with Crippen molar-refractivity contribution in [1.82, 2.24) is 5.32 Å². The van der Waals surface area contributed by atoms with Gasteiger partial charge in [-0.2, -0.15) is 0 Å². The van der Waals surface area contributed by atoms with Crippen LogP contribution in [0.25, 0.3) is 0 Å². The predicted molar refractivity (Wildman–Crippen MR) is 41.5 cm³/mol. The molecule has 1 aliphatic heterocycles. The molecule has 0 radical (unpaired) electrons. The molecule has 4 nitrogen and oxygen atoms in total. The number of piperidine rings is 1. The molecule has 68 valence electrons. The molecule has 2 fully saturated rings. The van der Waals surface area contributed by atoms with Crippen LogP contribution in [0, 0.1) is 5.92 Å². The third-order valence-corrected chi connectivity index (χ3v) is 2.88. The van der Waals surface area contributed by atoms with Crippen LogP contribution in [0.15, 0.2) is 0 Å². The maximum atomic E-state index is 11.2. The number of fused-ring (bicyclic) bond motifs is 2. The normalized spacial score (nSPS) is 44.8. The molecule has 2 aliphatic rings. The van der Waals surface area contributed by atoms with Gasteiger partial charge in [-0.1, -0.05) is 0 Å². The SMILES string of the molecule is COC(=O)[C@H]1N[C@H]2C[C@@H]1[C@H](O)C2. The minimum atomic E-state index is -0.319. The van der Waals surface area contributed by atoms with Crippen molar-refractivity contribution >= 4 is 5.97 Å². The summed E-state index contributed by atoms with van der Waals surface area (Å²) >= 11 is 0. The minimum absolute atomic E-state index is 0.0717. The van der Waals surface area contributed by atoms with Crippen LogP contribution in [0.5, 0.6) is 0 Å². The Hall–Kier alpha value is -0.610. The summed E-state index contributed by atoms with van der Waals surface area (Å²) in [6, 6.07) is 0.0397. The summed E-state index contributed by atoms with van der Waals surface area (Å²) < 4.78 is 4.62. The summed E-state index contributed by atoms with van der Waals surface area (Å²) in [7, 11) is 1.38. The monoisotopic (exact) mass is 171 g/mol. The molecule has 0 aromatic carbocycles. The van der Waals surface area contributed by atoms with Gasteiger partial charge in [0.15, 0.2) is 0 Å². The van der Waals surface area contributed by atoms with Gasteiger partial charge < -0.3 is 15.2 Å². The number of rotatable bonds is 1. The Morgan fingerprint density at radius 3 is 2.83 bits per heavy atom. The van der Waals surface area contributed by atoms with Crippen LogP contribution in [0.3, 0.4) is 0 Å². The van der Waals surface area contributed by atoms with Gasteiger partial charge in [0.05, 0.1) is 13.2 Å². The molecule has 4 atom stereocenters. The van der Waals surface area contributed by atoms with E-state index in [1.807, 2.05) is 0 Å². The highest BCUT2D eigenvalue weighted by Gasteiger charge is 2.48. The topological polar surface area (TPSA) is 58.6 Å². The quantitative estimate of drug-likeness (QED) is 0.511. The van der Waals surface area contributed by atoms with Crippen molar-refractivity contribution in [2.45, 2.75) is 31.0 Å². The molecule has 12 heavy (non-hydrogen) atoms. The fraction of sp³-hybridized carbons (Fsp3) is 0.875. The predicted octanol–water partition coefficient (Wildman–Crippen LogP) is -0.729. The van der Waals surface area contributed by atoms with Crippen molar-refractivity contribution in [2.24, 2.45) is 5.92 Å². The van der Waals surface area contributed by atoms with Crippen LogP contribution in [0.2, 0.25) is 0 Å². The smallest absolute Gasteiger partial charge is 0.323 e. The summed E-state index contributed by atoms with van der Waals surface area (Å²) in [5.74, 6) is -0.177. The van der Waals surface area contributed by atoms with Crippen molar-refractivity contribution in [3.8, 4) is 0 Å². The van der Waals surface area contributed by atoms with E-state index < -0.39 is 0 Å². The van der Waals surface area contributed by atoms with Crippen molar-refractivity contribution in [2.75, 3.05) is 7.11 Å². The summed E-state index contributed by atoms with van der Waals surface area (Å²) in [5, 5.41) is 12.6. The van der Waals surface area contributed by atoms with E-state index >= 15 is 0 Å². The number of carbonyl (C=O) groups is 1. The number of hydrogen-bond donors (Lipinski definition) is 2. The van der Waals surface area contributed by atoms with Gasteiger partial charge in [-0.25, -0.2) is 0 Å². The second-order valence-corrected chi connectivity index (χ2v) is 3.57. The molecule has 0 amide bonds.